The van der Waals surface area contributed by atoms with Crippen molar-refractivity contribution in [2.75, 3.05) is 6.54 Å². The molecule has 4 heteroatoms. The van der Waals surface area contributed by atoms with Gasteiger partial charge in [-0.15, -0.1) is 10.2 Å². The number of nitrogens with one attached hydrogen (secondary N) is 1. The van der Waals surface area contributed by atoms with Gasteiger partial charge in [-0.05, 0) is 25.8 Å². The van der Waals surface area contributed by atoms with E-state index in [1.807, 2.05) is 0 Å². The standard InChI is InChI=1S/C12H22N4/c1-4-13-10(3)8-12-15-14-11-7-9(2)5-6-16(11)12/h9-10,13H,4-8H2,1-3H3. The lowest BCUT2D eigenvalue weighted by atomic mass is 10.0. The van der Waals surface area contributed by atoms with E-state index in [2.05, 4.69) is 40.9 Å². The summed E-state index contributed by atoms with van der Waals surface area (Å²) in [4.78, 5) is 0. The van der Waals surface area contributed by atoms with Crippen molar-refractivity contribution in [3.63, 3.8) is 0 Å². The quantitative estimate of drug-likeness (QED) is 0.837. The summed E-state index contributed by atoms with van der Waals surface area (Å²) >= 11 is 0. The molecular formula is C12H22N4. The van der Waals surface area contributed by atoms with Gasteiger partial charge < -0.3 is 9.88 Å². The highest BCUT2D eigenvalue weighted by Gasteiger charge is 2.20. The molecule has 0 saturated heterocycles. The minimum Gasteiger partial charge on any atom is -0.315 e. The van der Waals surface area contributed by atoms with Crippen LogP contribution < -0.4 is 5.32 Å². The van der Waals surface area contributed by atoms with Crippen molar-refractivity contribution in [2.45, 2.75) is 52.6 Å². The Hall–Kier alpha value is -0.900. The summed E-state index contributed by atoms with van der Waals surface area (Å²) in [6.45, 7) is 8.74. The van der Waals surface area contributed by atoms with E-state index >= 15 is 0 Å². The van der Waals surface area contributed by atoms with Crippen molar-refractivity contribution in [3.8, 4) is 0 Å². The molecule has 1 aliphatic rings. The third kappa shape index (κ3) is 2.43. The highest BCUT2D eigenvalue weighted by molar-refractivity contribution is 5.01. The fraction of sp³-hybridized carbons (Fsp3) is 0.833. The first kappa shape index (κ1) is 11.6. The van der Waals surface area contributed by atoms with Gasteiger partial charge in [-0.3, -0.25) is 0 Å². The summed E-state index contributed by atoms with van der Waals surface area (Å²) in [5.74, 6) is 3.09. The van der Waals surface area contributed by atoms with Gasteiger partial charge in [-0.2, -0.15) is 0 Å². The molecule has 0 aromatic carbocycles. The Labute approximate surface area is 97.5 Å². The van der Waals surface area contributed by atoms with Gasteiger partial charge in [0.05, 0.1) is 0 Å². The summed E-state index contributed by atoms with van der Waals surface area (Å²) in [5.41, 5.74) is 0. The van der Waals surface area contributed by atoms with Gasteiger partial charge in [-0.25, -0.2) is 0 Å². The van der Waals surface area contributed by atoms with Crippen molar-refractivity contribution in [1.82, 2.24) is 20.1 Å². The van der Waals surface area contributed by atoms with Crippen LogP contribution in [0, 0.1) is 5.92 Å². The summed E-state index contributed by atoms with van der Waals surface area (Å²) < 4.78 is 2.31. The van der Waals surface area contributed by atoms with Crippen LogP contribution in [0.25, 0.3) is 0 Å². The van der Waals surface area contributed by atoms with Crippen molar-refractivity contribution in [3.05, 3.63) is 11.6 Å². The van der Waals surface area contributed by atoms with Crippen LogP contribution in [0.2, 0.25) is 0 Å². The fourth-order valence-corrected chi connectivity index (χ4v) is 2.39. The van der Waals surface area contributed by atoms with Crippen LogP contribution in [-0.2, 0) is 19.4 Å². The molecule has 0 spiro atoms. The largest absolute Gasteiger partial charge is 0.315 e. The monoisotopic (exact) mass is 222 g/mol. The first-order valence-corrected chi connectivity index (χ1v) is 6.35. The van der Waals surface area contributed by atoms with Gasteiger partial charge in [0.25, 0.3) is 0 Å². The first-order chi connectivity index (χ1) is 7.70. The molecule has 0 amide bonds. The minimum absolute atomic E-state index is 0.484. The Morgan fingerprint density at radius 3 is 3.06 bits per heavy atom. The van der Waals surface area contributed by atoms with Gasteiger partial charge in [0.2, 0.25) is 0 Å². The predicted molar refractivity (Wildman–Crippen MR) is 64.3 cm³/mol. The second-order valence-corrected chi connectivity index (χ2v) is 4.94. The summed E-state index contributed by atoms with van der Waals surface area (Å²) in [5, 5.41) is 12.1. The Morgan fingerprint density at radius 2 is 2.31 bits per heavy atom. The van der Waals surface area contributed by atoms with Gasteiger partial charge in [-0.1, -0.05) is 13.8 Å². The molecule has 16 heavy (non-hydrogen) atoms. The second-order valence-electron chi connectivity index (χ2n) is 4.94. The topological polar surface area (TPSA) is 42.7 Å². The van der Waals surface area contributed by atoms with E-state index in [4.69, 9.17) is 0 Å². The summed E-state index contributed by atoms with van der Waals surface area (Å²) in [6, 6.07) is 0.484. The summed E-state index contributed by atoms with van der Waals surface area (Å²) in [7, 11) is 0. The van der Waals surface area contributed by atoms with Crippen molar-refractivity contribution in [2.24, 2.45) is 5.92 Å². The van der Waals surface area contributed by atoms with Crippen molar-refractivity contribution in [1.29, 1.82) is 0 Å². The number of nitrogens with zero attached hydrogens (tertiary/aromatic N) is 3. The van der Waals surface area contributed by atoms with Crippen molar-refractivity contribution < 1.29 is 0 Å². The third-order valence-electron chi connectivity index (χ3n) is 3.32. The number of hydrogen-bond acceptors (Lipinski definition) is 3. The Morgan fingerprint density at radius 1 is 1.50 bits per heavy atom. The maximum absolute atomic E-state index is 4.33. The van der Waals surface area contributed by atoms with Gasteiger partial charge in [0.15, 0.2) is 0 Å². The minimum atomic E-state index is 0.484. The average molecular weight is 222 g/mol. The van der Waals surface area contributed by atoms with Gasteiger partial charge in [0, 0.05) is 25.4 Å². The van der Waals surface area contributed by atoms with E-state index in [1.165, 1.54) is 12.2 Å². The molecule has 0 aliphatic carbocycles. The molecule has 2 rings (SSSR count). The molecule has 1 aliphatic heterocycles. The van der Waals surface area contributed by atoms with Gasteiger partial charge >= 0.3 is 0 Å². The van der Waals surface area contributed by atoms with Gasteiger partial charge in [0.1, 0.15) is 11.6 Å². The summed E-state index contributed by atoms with van der Waals surface area (Å²) in [6.07, 6.45) is 3.32. The zero-order valence-electron chi connectivity index (χ0n) is 10.5. The number of likely N-dealkylation sites (N-methyl/N-ethyl adjacent to an activating group) is 1. The van der Waals surface area contributed by atoms with Crippen LogP contribution in [0.3, 0.4) is 0 Å². The SMILES string of the molecule is CCNC(C)Cc1nnc2n1CCC(C)C2. The first-order valence-electron chi connectivity index (χ1n) is 6.35. The maximum Gasteiger partial charge on any atom is 0.134 e. The van der Waals surface area contributed by atoms with Crippen LogP contribution in [-0.4, -0.2) is 27.4 Å². The lowest BCUT2D eigenvalue weighted by molar-refractivity contribution is 0.398. The third-order valence-corrected chi connectivity index (χ3v) is 3.32. The Bertz CT molecular complexity index is 345. The predicted octanol–water partition coefficient (Wildman–Crippen LogP) is 1.40. The number of hydrogen-bond donors (Lipinski definition) is 1. The molecule has 0 bridgehead atoms. The molecule has 2 heterocycles. The molecule has 4 nitrogen and oxygen atoms in total. The molecule has 2 unspecified atom stereocenters. The maximum atomic E-state index is 4.33. The molecule has 90 valence electrons. The number of aromatic nitrogens is 3. The lowest BCUT2D eigenvalue weighted by Crippen LogP contribution is -2.29. The molecule has 1 N–H and O–H groups in total. The highest BCUT2D eigenvalue weighted by Crippen LogP contribution is 2.19. The average Bonchev–Trinajstić information content (AvgIpc) is 2.61. The molecule has 0 fully saturated rings. The molecule has 1 aromatic rings. The Kier molecular flexibility index (Phi) is 3.59. The number of rotatable bonds is 4. The smallest absolute Gasteiger partial charge is 0.134 e. The molecule has 0 saturated carbocycles. The second kappa shape index (κ2) is 4.95. The van der Waals surface area contributed by atoms with E-state index in [1.54, 1.807) is 0 Å². The molecule has 0 radical (unpaired) electrons. The zero-order valence-corrected chi connectivity index (χ0v) is 10.5. The van der Waals surface area contributed by atoms with E-state index in [9.17, 15) is 0 Å². The molecular weight excluding hydrogens is 200 g/mol. The van der Waals surface area contributed by atoms with Crippen LogP contribution in [0.15, 0.2) is 0 Å². The van der Waals surface area contributed by atoms with E-state index in [0.29, 0.717) is 6.04 Å². The molecule has 2 atom stereocenters. The van der Waals surface area contributed by atoms with E-state index in [0.717, 1.165) is 37.7 Å². The van der Waals surface area contributed by atoms with Crippen LogP contribution >= 0.6 is 0 Å². The zero-order chi connectivity index (χ0) is 11.5. The molecule has 1 aromatic heterocycles. The van der Waals surface area contributed by atoms with Crippen LogP contribution in [0.4, 0.5) is 0 Å². The Balaban J connectivity index is 2.06. The van der Waals surface area contributed by atoms with E-state index in [-0.39, 0.29) is 0 Å². The highest BCUT2D eigenvalue weighted by atomic mass is 15.3. The fourth-order valence-electron chi connectivity index (χ4n) is 2.39. The van der Waals surface area contributed by atoms with Crippen molar-refractivity contribution >= 4 is 0 Å². The lowest BCUT2D eigenvalue weighted by Gasteiger charge is -2.21. The van der Waals surface area contributed by atoms with Crippen LogP contribution in [0.5, 0.6) is 0 Å². The van der Waals surface area contributed by atoms with Crippen LogP contribution in [0.1, 0.15) is 38.8 Å². The normalized spacial score (nSPS) is 21.8. The van der Waals surface area contributed by atoms with E-state index < -0.39 is 0 Å². The number of fused-ring (bicyclic) bond motifs is 1.